The van der Waals surface area contributed by atoms with Crippen LogP contribution in [0.5, 0.6) is 0 Å². The minimum Gasteiger partial charge on any atom is -0.319 e. The lowest BCUT2D eigenvalue weighted by Gasteiger charge is -2.22. The summed E-state index contributed by atoms with van der Waals surface area (Å²) in [5.41, 5.74) is 2.07. The number of amides is 3. The van der Waals surface area contributed by atoms with Crippen molar-refractivity contribution in [2.75, 3.05) is 0 Å². The van der Waals surface area contributed by atoms with E-state index in [2.05, 4.69) is 10.3 Å². The monoisotopic (exact) mass is 349 g/mol. The molecule has 3 aromatic rings. The Morgan fingerprint density at radius 2 is 1.92 bits per heavy atom. The normalized spacial score (nSPS) is 22.0. The fraction of sp³-hybridized carbons (Fsp3) is 0.211. The summed E-state index contributed by atoms with van der Waals surface area (Å²) in [4.78, 5) is 31.5. The maximum absolute atomic E-state index is 13.1. The summed E-state index contributed by atoms with van der Waals surface area (Å²) in [6.45, 7) is 0.216. The predicted octanol–water partition coefficient (Wildman–Crippen LogP) is 3.19. The van der Waals surface area contributed by atoms with Crippen molar-refractivity contribution in [3.63, 3.8) is 0 Å². The molecule has 124 valence electrons. The first kappa shape index (κ1) is 14.6. The summed E-state index contributed by atoms with van der Waals surface area (Å²) < 4.78 is 1.06. The molecule has 2 aliphatic rings. The van der Waals surface area contributed by atoms with Crippen molar-refractivity contribution >= 4 is 33.5 Å². The van der Waals surface area contributed by atoms with E-state index in [9.17, 15) is 9.59 Å². The number of imide groups is 1. The van der Waals surface area contributed by atoms with Crippen LogP contribution in [0.15, 0.2) is 48.5 Å². The molecule has 1 aliphatic carbocycles. The average Bonchev–Trinajstić information content (AvgIpc) is 3.27. The van der Waals surface area contributed by atoms with Gasteiger partial charge in [0, 0.05) is 0 Å². The van der Waals surface area contributed by atoms with E-state index >= 15 is 0 Å². The fourth-order valence-electron chi connectivity index (χ4n) is 3.86. The van der Waals surface area contributed by atoms with Gasteiger partial charge in [-0.15, -0.1) is 11.3 Å². The first-order chi connectivity index (χ1) is 12.2. The number of nitrogens with one attached hydrogen (secondary N) is 1. The summed E-state index contributed by atoms with van der Waals surface area (Å²) in [5.74, 6) is -0.165. The van der Waals surface area contributed by atoms with Crippen LogP contribution in [0.4, 0.5) is 4.79 Å². The van der Waals surface area contributed by atoms with Crippen molar-refractivity contribution < 1.29 is 9.59 Å². The molecule has 1 atom stereocenters. The van der Waals surface area contributed by atoms with Gasteiger partial charge in [0.1, 0.15) is 10.5 Å². The Morgan fingerprint density at radius 1 is 1.12 bits per heavy atom. The number of carbonyl (C=O) groups is 2. The molecule has 0 unspecified atom stereocenters. The van der Waals surface area contributed by atoms with Crippen LogP contribution in [0.3, 0.4) is 0 Å². The van der Waals surface area contributed by atoms with Crippen LogP contribution in [0.25, 0.3) is 10.2 Å². The molecular formula is C19H15N3O2S. The molecule has 2 heterocycles. The molecule has 0 saturated carbocycles. The van der Waals surface area contributed by atoms with Crippen molar-refractivity contribution in [1.29, 1.82) is 0 Å². The largest absolute Gasteiger partial charge is 0.325 e. The van der Waals surface area contributed by atoms with Gasteiger partial charge in [-0.1, -0.05) is 36.4 Å². The van der Waals surface area contributed by atoms with Crippen LogP contribution < -0.4 is 5.32 Å². The quantitative estimate of drug-likeness (QED) is 0.723. The van der Waals surface area contributed by atoms with Crippen LogP contribution in [0, 0.1) is 0 Å². The highest BCUT2D eigenvalue weighted by Gasteiger charge is 2.55. The topological polar surface area (TPSA) is 62.3 Å². The average molecular weight is 349 g/mol. The highest BCUT2D eigenvalue weighted by Crippen LogP contribution is 2.41. The standard InChI is InChI=1S/C19H15N3O2S/c23-17-19(10-9-12-5-1-2-6-13(12)19)21-18(24)22(17)11-16-20-14-7-3-4-8-15(14)25-16/h1-8H,9-11H2,(H,21,24)/t19-/m0/s1. The number of urea groups is 1. The highest BCUT2D eigenvalue weighted by atomic mass is 32.1. The SMILES string of the molecule is O=C1N[C@]2(CCc3ccccc32)C(=O)N1Cc1nc2ccccc2s1. The van der Waals surface area contributed by atoms with Gasteiger partial charge in [0.2, 0.25) is 0 Å². The number of aryl methyl sites for hydroxylation is 1. The number of fused-ring (bicyclic) bond motifs is 3. The Hall–Kier alpha value is -2.73. The molecule has 1 saturated heterocycles. The lowest BCUT2D eigenvalue weighted by atomic mass is 9.92. The van der Waals surface area contributed by atoms with Gasteiger partial charge in [-0.2, -0.15) is 0 Å². The second-order valence-corrected chi connectivity index (χ2v) is 7.57. The number of rotatable bonds is 2. The molecule has 1 aromatic heterocycles. The third kappa shape index (κ3) is 2.04. The number of carbonyl (C=O) groups excluding carboxylic acids is 2. The number of benzene rings is 2. The van der Waals surface area contributed by atoms with Crippen LogP contribution in [0.2, 0.25) is 0 Å². The number of hydrogen-bond donors (Lipinski definition) is 1. The van der Waals surface area contributed by atoms with E-state index in [1.54, 1.807) is 0 Å². The number of thiazole rings is 1. The van der Waals surface area contributed by atoms with E-state index in [4.69, 9.17) is 0 Å². The molecule has 0 bridgehead atoms. The van der Waals surface area contributed by atoms with E-state index in [-0.39, 0.29) is 18.5 Å². The van der Waals surface area contributed by atoms with Crippen molar-refractivity contribution in [2.24, 2.45) is 0 Å². The highest BCUT2D eigenvalue weighted by molar-refractivity contribution is 7.18. The number of nitrogens with zero attached hydrogens (tertiary/aromatic N) is 2. The van der Waals surface area contributed by atoms with Gasteiger partial charge >= 0.3 is 6.03 Å². The molecule has 1 fully saturated rings. The first-order valence-electron chi connectivity index (χ1n) is 8.24. The zero-order valence-electron chi connectivity index (χ0n) is 13.4. The van der Waals surface area contributed by atoms with E-state index < -0.39 is 5.54 Å². The molecule has 25 heavy (non-hydrogen) atoms. The Morgan fingerprint density at radius 3 is 2.80 bits per heavy atom. The van der Waals surface area contributed by atoms with Gasteiger partial charge in [0.15, 0.2) is 0 Å². The van der Waals surface area contributed by atoms with E-state index in [0.717, 1.165) is 32.8 Å². The Labute approximate surface area is 148 Å². The van der Waals surface area contributed by atoms with E-state index in [1.807, 2.05) is 48.5 Å². The zero-order chi connectivity index (χ0) is 17.0. The smallest absolute Gasteiger partial charge is 0.319 e. The maximum Gasteiger partial charge on any atom is 0.325 e. The van der Waals surface area contributed by atoms with E-state index in [0.29, 0.717) is 6.42 Å². The van der Waals surface area contributed by atoms with Gasteiger partial charge in [0.25, 0.3) is 5.91 Å². The number of para-hydroxylation sites is 1. The third-order valence-electron chi connectivity index (χ3n) is 5.05. The third-order valence-corrected chi connectivity index (χ3v) is 6.07. The molecule has 3 amide bonds. The van der Waals surface area contributed by atoms with Gasteiger partial charge in [-0.3, -0.25) is 9.69 Å². The van der Waals surface area contributed by atoms with Crippen LogP contribution in [0.1, 0.15) is 22.6 Å². The van der Waals surface area contributed by atoms with Gasteiger partial charge in [0.05, 0.1) is 16.8 Å². The molecule has 1 aliphatic heterocycles. The first-order valence-corrected chi connectivity index (χ1v) is 9.06. The summed E-state index contributed by atoms with van der Waals surface area (Å²) in [7, 11) is 0. The Balaban J connectivity index is 1.49. The van der Waals surface area contributed by atoms with Gasteiger partial charge < -0.3 is 5.32 Å². The fourth-order valence-corrected chi connectivity index (χ4v) is 4.81. The summed E-state index contributed by atoms with van der Waals surface area (Å²) >= 11 is 1.52. The lowest BCUT2D eigenvalue weighted by molar-refractivity contribution is -0.132. The lowest BCUT2D eigenvalue weighted by Crippen LogP contribution is -2.41. The second-order valence-electron chi connectivity index (χ2n) is 6.46. The molecule has 1 spiro atoms. The van der Waals surface area contributed by atoms with Gasteiger partial charge in [-0.05, 0) is 36.1 Å². The molecule has 2 aromatic carbocycles. The molecule has 1 N–H and O–H groups in total. The molecule has 5 rings (SSSR count). The van der Waals surface area contributed by atoms with Gasteiger partial charge in [-0.25, -0.2) is 9.78 Å². The number of hydrogen-bond acceptors (Lipinski definition) is 4. The van der Waals surface area contributed by atoms with Crippen LogP contribution >= 0.6 is 11.3 Å². The zero-order valence-corrected chi connectivity index (χ0v) is 14.2. The summed E-state index contributed by atoms with van der Waals surface area (Å²) in [6, 6.07) is 15.4. The maximum atomic E-state index is 13.1. The van der Waals surface area contributed by atoms with Crippen molar-refractivity contribution in [2.45, 2.75) is 24.9 Å². The summed E-state index contributed by atoms with van der Waals surface area (Å²) in [5, 5.41) is 3.72. The summed E-state index contributed by atoms with van der Waals surface area (Å²) in [6.07, 6.45) is 1.42. The molecule has 0 radical (unpaired) electrons. The van der Waals surface area contributed by atoms with E-state index in [1.165, 1.54) is 16.2 Å². The minimum atomic E-state index is -0.898. The number of aromatic nitrogens is 1. The van der Waals surface area contributed by atoms with Crippen LogP contribution in [-0.4, -0.2) is 21.8 Å². The van der Waals surface area contributed by atoms with Crippen LogP contribution in [-0.2, 0) is 23.3 Å². The molecular weight excluding hydrogens is 334 g/mol. The Kier molecular flexibility index (Phi) is 3.00. The molecule has 5 nitrogen and oxygen atoms in total. The van der Waals surface area contributed by atoms with Crippen molar-refractivity contribution in [3.8, 4) is 0 Å². The predicted molar refractivity (Wildman–Crippen MR) is 95.1 cm³/mol. The second kappa shape index (κ2) is 5.13. The van der Waals surface area contributed by atoms with Crippen molar-refractivity contribution in [1.82, 2.24) is 15.2 Å². The molecule has 6 heteroatoms. The Bertz CT molecular complexity index is 995. The van der Waals surface area contributed by atoms with Crippen molar-refractivity contribution in [3.05, 3.63) is 64.7 Å². The minimum absolute atomic E-state index is 0.165.